The van der Waals surface area contributed by atoms with Crippen molar-refractivity contribution in [1.29, 1.82) is 0 Å². The lowest BCUT2D eigenvalue weighted by atomic mass is 9.95. The van der Waals surface area contributed by atoms with Gasteiger partial charge in [0.15, 0.2) is 5.54 Å². The van der Waals surface area contributed by atoms with Gasteiger partial charge in [-0.3, -0.25) is 15.1 Å². The van der Waals surface area contributed by atoms with Crippen molar-refractivity contribution in [3.63, 3.8) is 0 Å². The second-order valence-electron chi connectivity index (χ2n) is 8.38. The van der Waals surface area contributed by atoms with E-state index in [1.165, 1.54) is 12.1 Å². The van der Waals surface area contributed by atoms with Crippen LogP contribution in [0.1, 0.15) is 11.3 Å². The Hall–Kier alpha value is -3.54. The highest BCUT2D eigenvalue weighted by molar-refractivity contribution is 7.89. The summed E-state index contributed by atoms with van der Waals surface area (Å²) in [6, 6.07) is 14.3. The highest BCUT2D eigenvalue weighted by Crippen LogP contribution is 2.24. The molecule has 1 aromatic heterocycles. The zero-order chi connectivity index (χ0) is 23.9. The average Bonchev–Trinajstić information content (AvgIpc) is 3.33. The van der Waals surface area contributed by atoms with Gasteiger partial charge < -0.3 is 15.4 Å². The summed E-state index contributed by atoms with van der Waals surface area (Å²) in [6.45, 7) is 2.56. The van der Waals surface area contributed by atoms with Crippen molar-refractivity contribution < 1.29 is 22.7 Å². The lowest BCUT2D eigenvalue weighted by Crippen LogP contribution is -2.62. The number of aryl methyl sites for hydroxylation is 1. The molecule has 0 aliphatic carbocycles. The van der Waals surface area contributed by atoms with Crippen LogP contribution in [0.3, 0.4) is 0 Å². The largest absolute Gasteiger partial charge is 0.489 e. The molecule has 3 amide bonds. The molecule has 3 heterocycles. The number of ether oxygens (including phenoxy) is 1. The van der Waals surface area contributed by atoms with Gasteiger partial charge in [0.2, 0.25) is 10.0 Å². The molecule has 11 heteroatoms. The predicted molar refractivity (Wildman–Crippen MR) is 124 cm³/mol. The van der Waals surface area contributed by atoms with Crippen LogP contribution in [0.15, 0.2) is 59.5 Å². The van der Waals surface area contributed by atoms with E-state index in [1.54, 1.807) is 12.1 Å². The molecule has 2 atom stereocenters. The summed E-state index contributed by atoms with van der Waals surface area (Å²) in [5.74, 6) is -0.0447. The van der Waals surface area contributed by atoms with Crippen LogP contribution in [0.4, 0.5) is 4.79 Å². The summed E-state index contributed by atoms with van der Waals surface area (Å²) in [4.78, 5) is 28.5. The molecule has 0 bridgehead atoms. The topological polar surface area (TPSA) is 139 Å². The van der Waals surface area contributed by atoms with Crippen LogP contribution >= 0.6 is 0 Å². The molecule has 0 unspecified atom stereocenters. The number of fused-ring (bicyclic) bond motifs is 1. The highest BCUT2D eigenvalue weighted by Gasteiger charge is 2.55. The zero-order valence-electron chi connectivity index (χ0n) is 18.3. The predicted octanol–water partition coefficient (Wildman–Crippen LogP) is 0.951. The third-order valence-electron chi connectivity index (χ3n) is 6.07. The summed E-state index contributed by atoms with van der Waals surface area (Å²) in [6.07, 6.45) is 0. The third kappa shape index (κ3) is 3.98. The Kier molecular flexibility index (Phi) is 5.47. The normalized spacial score (nSPS) is 22.2. The Bertz CT molecular complexity index is 1390. The first-order valence-corrected chi connectivity index (χ1v) is 12.2. The Morgan fingerprint density at radius 2 is 1.91 bits per heavy atom. The van der Waals surface area contributed by atoms with Crippen LogP contribution in [-0.2, 0) is 21.4 Å². The van der Waals surface area contributed by atoms with E-state index in [-0.39, 0.29) is 18.0 Å². The SMILES string of the molecule is Cc1cc(COc2ccc(S(=O)(=O)N[C@@H]3CNC[C@]34NC(=O)NC4=O)cc2)c2ccccc2n1. The highest BCUT2D eigenvalue weighted by atomic mass is 32.2. The number of imide groups is 1. The number of hydrogen-bond donors (Lipinski definition) is 4. The molecule has 176 valence electrons. The number of rotatable bonds is 6. The van der Waals surface area contributed by atoms with Gasteiger partial charge in [-0.05, 0) is 43.3 Å². The second-order valence-corrected chi connectivity index (χ2v) is 10.1. The van der Waals surface area contributed by atoms with Crippen molar-refractivity contribution in [3.8, 4) is 5.75 Å². The number of nitrogens with zero attached hydrogens (tertiary/aromatic N) is 1. The number of sulfonamides is 1. The van der Waals surface area contributed by atoms with Crippen molar-refractivity contribution in [3.05, 3.63) is 65.9 Å². The smallest absolute Gasteiger partial charge is 0.322 e. The minimum Gasteiger partial charge on any atom is -0.489 e. The summed E-state index contributed by atoms with van der Waals surface area (Å²) >= 11 is 0. The molecule has 0 saturated carbocycles. The number of aromatic nitrogens is 1. The number of carbonyl (C=O) groups is 2. The van der Waals surface area contributed by atoms with Gasteiger partial charge in [-0.2, -0.15) is 0 Å². The van der Waals surface area contributed by atoms with E-state index in [1.807, 2.05) is 37.3 Å². The molecule has 34 heavy (non-hydrogen) atoms. The average molecular weight is 482 g/mol. The maximum Gasteiger partial charge on any atom is 0.322 e. The van der Waals surface area contributed by atoms with E-state index in [0.717, 1.165) is 22.2 Å². The Labute approximate surface area is 196 Å². The fourth-order valence-corrected chi connectivity index (χ4v) is 5.66. The lowest BCUT2D eigenvalue weighted by Gasteiger charge is -2.27. The number of urea groups is 1. The maximum atomic E-state index is 13.0. The summed E-state index contributed by atoms with van der Waals surface area (Å²) < 4.78 is 34.4. The Balaban J connectivity index is 1.30. The van der Waals surface area contributed by atoms with E-state index >= 15 is 0 Å². The van der Waals surface area contributed by atoms with Crippen LogP contribution in [0.25, 0.3) is 10.9 Å². The monoisotopic (exact) mass is 481 g/mol. The molecule has 2 aromatic carbocycles. The summed E-state index contributed by atoms with van der Waals surface area (Å²) in [5.41, 5.74) is 1.41. The number of benzene rings is 2. The molecule has 2 fully saturated rings. The molecule has 2 aliphatic heterocycles. The van der Waals surface area contributed by atoms with Gasteiger partial charge in [-0.25, -0.2) is 17.9 Å². The molecule has 5 rings (SSSR count). The van der Waals surface area contributed by atoms with Crippen LogP contribution in [0.2, 0.25) is 0 Å². The number of pyridine rings is 1. The number of hydrogen-bond acceptors (Lipinski definition) is 7. The zero-order valence-corrected chi connectivity index (χ0v) is 19.1. The van der Waals surface area contributed by atoms with Gasteiger partial charge >= 0.3 is 6.03 Å². The van der Waals surface area contributed by atoms with Gasteiger partial charge in [0, 0.05) is 29.7 Å². The van der Waals surface area contributed by atoms with Crippen molar-refractivity contribution in [2.24, 2.45) is 0 Å². The van der Waals surface area contributed by atoms with E-state index in [9.17, 15) is 18.0 Å². The molecule has 2 saturated heterocycles. The van der Waals surface area contributed by atoms with Gasteiger partial charge in [0.05, 0.1) is 16.5 Å². The van der Waals surface area contributed by atoms with E-state index in [0.29, 0.717) is 12.4 Å². The third-order valence-corrected chi connectivity index (χ3v) is 7.56. The first-order valence-electron chi connectivity index (χ1n) is 10.7. The van der Waals surface area contributed by atoms with Crippen molar-refractivity contribution >= 4 is 32.9 Å². The molecule has 10 nitrogen and oxygen atoms in total. The van der Waals surface area contributed by atoms with E-state index in [4.69, 9.17) is 4.74 Å². The fourth-order valence-electron chi connectivity index (χ4n) is 4.37. The standard InChI is InChI=1S/C23H23N5O5S/c1-14-10-15(18-4-2-3-5-19(18)25-14)12-33-16-6-8-17(9-7-16)34(31,32)28-20-11-24-13-23(20)21(29)26-22(30)27-23/h2-10,20,24,28H,11-13H2,1H3,(H2,26,27,29,30)/t20-,23+/m1/s1. The number of nitrogens with one attached hydrogen (secondary N) is 4. The first kappa shape index (κ1) is 22.3. The van der Waals surface area contributed by atoms with Crippen molar-refractivity contribution in [1.82, 2.24) is 25.7 Å². The number of amides is 3. The summed E-state index contributed by atoms with van der Waals surface area (Å²) in [5, 5.41) is 8.68. The molecule has 0 radical (unpaired) electrons. The molecular weight excluding hydrogens is 458 g/mol. The van der Waals surface area contributed by atoms with Crippen LogP contribution in [0.5, 0.6) is 5.75 Å². The minimum atomic E-state index is -3.95. The van der Waals surface area contributed by atoms with Crippen molar-refractivity contribution in [2.75, 3.05) is 13.1 Å². The van der Waals surface area contributed by atoms with Gasteiger partial charge in [-0.1, -0.05) is 18.2 Å². The Morgan fingerprint density at radius 1 is 1.15 bits per heavy atom. The molecule has 1 spiro atoms. The number of carbonyl (C=O) groups excluding carboxylic acids is 2. The van der Waals surface area contributed by atoms with E-state index in [2.05, 4.69) is 25.7 Å². The lowest BCUT2D eigenvalue weighted by molar-refractivity contribution is -0.123. The van der Waals surface area contributed by atoms with Crippen molar-refractivity contribution in [2.45, 2.75) is 30.0 Å². The fraction of sp³-hybridized carbons (Fsp3) is 0.261. The maximum absolute atomic E-state index is 13.0. The molecule has 2 aliphatic rings. The van der Waals surface area contributed by atoms with Gasteiger partial charge in [0.25, 0.3) is 5.91 Å². The first-order chi connectivity index (χ1) is 16.3. The van der Waals surface area contributed by atoms with Gasteiger partial charge in [0.1, 0.15) is 12.4 Å². The molecule has 4 N–H and O–H groups in total. The number of para-hydroxylation sites is 1. The van der Waals surface area contributed by atoms with Crippen LogP contribution in [-0.4, -0.2) is 50.0 Å². The van der Waals surface area contributed by atoms with Crippen LogP contribution in [0, 0.1) is 6.92 Å². The van der Waals surface area contributed by atoms with Gasteiger partial charge in [-0.15, -0.1) is 0 Å². The van der Waals surface area contributed by atoms with Crippen LogP contribution < -0.4 is 25.4 Å². The minimum absolute atomic E-state index is 0.0248. The second kappa shape index (κ2) is 8.35. The van der Waals surface area contributed by atoms with E-state index < -0.39 is 33.5 Å². The quantitative estimate of drug-likeness (QED) is 0.385. The molecular formula is C23H23N5O5S. The molecule has 3 aromatic rings. The Morgan fingerprint density at radius 3 is 2.65 bits per heavy atom. The summed E-state index contributed by atoms with van der Waals surface area (Å²) in [7, 11) is -3.95.